The first kappa shape index (κ1) is 20.1. The van der Waals surface area contributed by atoms with E-state index >= 15 is 0 Å². The fourth-order valence-corrected chi connectivity index (χ4v) is 4.96. The van der Waals surface area contributed by atoms with Crippen molar-refractivity contribution in [3.8, 4) is 5.75 Å². The highest BCUT2D eigenvalue weighted by molar-refractivity contribution is 6.07. The number of para-hydroxylation sites is 2. The minimum atomic E-state index is -1.14. The van der Waals surface area contributed by atoms with E-state index in [2.05, 4.69) is 5.32 Å². The van der Waals surface area contributed by atoms with Gasteiger partial charge in [0.1, 0.15) is 11.7 Å². The van der Waals surface area contributed by atoms with Crippen LogP contribution in [0.5, 0.6) is 5.75 Å². The normalized spacial score (nSPS) is 22.4. The summed E-state index contributed by atoms with van der Waals surface area (Å²) in [5, 5.41) is 2.82. The van der Waals surface area contributed by atoms with Crippen molar-refractivity contribution in [1.29, 1.82) is 0 Å². The van der Waals surface area contributed by atoms with Gasteiger partial charge >= 0.3 is 11.9 Å². The molecule has 30 heavy (non-hydrogen) atoms. The lowest BCUT2D eigenvalue weighted by molar-refractivity contribution is -0.162. The number of rotatable bonds is 4. The molecule has 0 saturated heterocycles. The Balaban J connectivity index is 1.82. The van der Waals surface area contributed by atoms with Crippen molar-refractivity contribution in [3.05, 3.63) is 60.2 Å². The van der Waals surface area contributed by atoms with Crippen molar-refractivity contribution in [2.24, 2.45) is 11.3 Å². The van der Waals surface area contributed by atoms with Crippen molar-refractivity contribution in [2.45, 2.75) is 38.0 Å². The summed E-state index contributed by atoms with van der Waals surface area (Å²) < 4.78 is 10.8. The molecule has 2 aromatic rings. The maximum absolute atomic E-state index is 13.3. The Morgan fingerprint density at radius 3 is 2.37 bits per heavy atom. The number of carbonyl (C=O) groups excluding carboxylic acids is 3. The van der Waals surface area contributed by atoms with Crippen molar-refractivity contribution in [1.82, 2.24) is 0 Å². The third-order valence-electron chi connectivity index (χ3n) is 6.31. The predicted octanol–water partition coefficient (Wildman–Crippen LogP) is 4.07. The number of hydrogen-bond acceptors (Lipinski definition) is 5. The van der Waals surface area contributed by atoms with Crippen LogP contribution < -0.4 is 10.1 Å². The second-order valence-corrected chi connectivity index (χ2v) is 7.98. The highest BCUT2D eigenvalue weighted by atomic mass is 16.5. The maximum Gasteiger partial charge on any atom is 0.324 e. The van der Waals surface area contributed by atoms with Gasteiger partial charge in [-0.25, -0.2) is 0 Å². The van der Waals surface area contributed by atoms with Crippen LogP contribution in [0.3, 0.4) is 0 Å². The number of nitrogens with one attached hydrogen (secondary N) is 1. The van der Waals surface area contributed by atoms with E-state index in [1.807, 2.05) is 18.2 Å². The first-order valence-electron chi connectivity index (χ1n) is 10.3. The Labute approximate surface area is 175 Å². The molecule has 0 radical (unpaired) electrons. The molecule has 6 nitrogen and oxygen atoms in total. The smallest absolute Gasteiger partial charge is 0.324 e. The number of benzene rings is 2. The second-order valence-electron chi connectivity index (χ2n) is 7.98. The van der Waals surface area contributed by atoms with E-state index in [-0.39, 0.29) is 5.97 Å². The summed E-state index contributed by atoms with van der Waals surface area (Å²) in [6.07, 6.45) is 3.84. The molecule has 2 atom stereocenters. The highest BCUT2D eigenvalue weighted by Gasteiger charge is 2.57. The minimum Gasteiger partial charge on any atom is -0.469 e. The van der Waals surface area contributed by atoms with Crippen molar-refractivity contribution >= 4 is 23.5 Å². The van der Waals surface area contributed by atoms with Crippen molar-refractivity contribution in [3.63, 3.8) is 0 Å². The molecule has 0 spiro atoms. The Morgan fingerprint density at radius 2 is 1.67 bits per heavy atom. The van der Waals surface area contributed by atoms with Crippen molar-refractivity contribution in [2.75, 3.05) is 12.4 Å². The number of esters is 2. The van der Waals surface area contributed by atoms with Crippen LogP contribution in [0.1, 0.15) is 43.6 Å². The molecule has 6 heteroatoms. The molecule has 1 heterocycles. The van der Waals surface area contributed by atoms with E-state index in [0.717, 1.165) is 19.3 Å². The summed E-state index contributed by atoms with van der Waals surface area (Å²) in [6, 6.07) is 16.1. The molecule has 1 saturated carbocycles. The predicted molar refractivity (Wildman–Crippen MR) is 111 cm³/mol. The van der Waals surface area contributed by atoms with Gasteiger partial charge in [-0.1, -0.05) is 55.7 Å². The second kappa shape index (κ2) is 8.30. The molecule has 2 unspecified atom stereocenters. The van der Waals surface area contributed by atoms with Gasteiger partial charge in [0.25, 0.3) is 0 Å². The van der Waals surface area contributed by atoms with Gasteiger partial charge in [-0.15, -0.1) is 0 Å². The number of hydrogen-bond donors (Lipinski definition) is 1. The van der Waals surface area contributed by atoms with Gasteiger partial charge in [0, 0.05) is 17.2 Å². The molecular formula is C24H25NO5. The summed E-state index contributed by atoms with van der Waals surface area (Å²) in [5.41, 5.74) is 0.350. The SMILES string of the molecule is COC(=O)C1(C2c3ccccc3OC(=O)C2C(=O)Nc2ccccc2)CCCCC1. The average Bonchev–Trinajstić information content (AvgIpc) is 2.78. The number of anilines is 1. The lowest BCUT2D eigenvalue weighted by Gasteiger charge is -2.45. The highest BCUT2D eigenvalue weighted by Crippen LogP contribution is 2.55. The summed E-state index contributed by atoms with van der Waals surface area (Å²) in [6.45, 7) is 0. The van der Waals surface area contributed by atoms with Crippen LogP contribution in [0.15, 0.2) is 54.6 Å². The number of carbonyl (C=O) groups is 3. The Morgan fingerprint density at radius 1 is 1.00 bits per heavy atom. The number of methoxy groups -OCH3 is 1. The number of amides is 1. The lowest BCUT2D eigenvalue weighted by atomic mass is 9.59. The molecular weight excluding hydrogens is 382 g/mol. The zero-order valence-electron chi connectivity index (χ0n) is 16.9. The van der Waals surface area contributed by atoms with E-state index in [9.17, 15) is 14.4 Å². The molecule has 1 aliphatic carbocycles. The third-order valence-corrected chi connectivity index (χ3v) is 6.31. The largest absolute Gasteiger partial charge is 0.469 e. The molecule has 156 valence electrons. The summed E-state index contributed by atoms with van der Waals surface area (Å²) in [4.78, 5) is 39.5. The van der Waals surface area contributed by atoms with Crippen LogP contribution >= 0.6 is 0 Å². The molecule has 2 aliphatic rings. The van der Waals surface area contributed by atoms with Crippen molar-refractivity contribution < 1.29 is 23.9 Å². The maximum atomic E-state index is 13.3. The van der Waals surface area contributed by atoms with Gasteiger partial charge in [-0.2, -0.15) is 0 Å². The summed E-state index contributed by atoms with van der Waals surface area (Å²) in [7, 11) is 1.37. The third kappa shape index (κ3) is 3.47. The van der Waals surface area contributed by atoms with Crippen LogP contribution in [0, 0.1) is 11.3 Å². The Hall–Kier alpha value is -3.15. The molecule has 1 amide bonds. The van der Waals surface area contributed by atoms with E-state index in [4.69, 9.17) is 9.47 Å². The first-order chi connectivity index (χ1) is 14.6. The van der Waals surface area contributed by atoms with Gasteiger partial charge in [-0.05, 0) is 31.0 Å². The standard InChI is InChI=1S/C24H25NO5/c1-29-23(28)24(14-8-3-9-15-24)20-17-12-6-7-13-18(17)30-22(27)19(20)21(26)25-16-10-4-2-5-11-16/h2,4-7,10-13,19-20H,3,8-9,14-15H2,1H3,(H,25,26). The van der Waals surface area contributed by atoms with Crippen LogP contribution in [0.2, 0.25) is 0 Å². The fourth-order valence-electron chi connectivity index (χ4n) is 4.96. The van der Waals surface area contributed by atoms with E-state index in [1.165, 1.54) is 7.11 Å². The van der Waals surface area contributed by atoms with E-state index < -0.39 is 29.1 Å². The minimum absolute atomic E-state index is 0.366. The molecule has 1 N–H and O–H groups in total. The fraction of sp³-hybridized carbons (Fsp3) is 0.375. The Bertz CT molecular complexity index is 949. The molecule has 4 rings (SSSR count). The van der Waals surface area contributed by atoms with Gasteiger partial charge in [0.2, 0.25) is 5.91 Å². The quantitative estimate of drug-likeness (QED) is 0.469. The topological polar surface area (TPSA) is 81.7 Å². The lowest BCUT2D eigenvalue weighted by Crippen LogP contribution is -2.51. The molecule has 2 aromatic carbocycles. The van der Waals surface area contributed by atoms with Gasteiger partial charge < -0.3 is 14.8 Å². The van der Waals surface area contributed by atoms with Crippen LogP contribution in [-0.2, 0) is 19.1 Å². The van der Waals surface area contributed by atoms with Crippen LogP contribution in [0.25, 0.3) is 0 Å². The van der Waals surface area contributed by atoms with Crippen LogP contribution in [0.4, 0.5) is 5.69 Å². The molecule has 1 fully saturated rings. The van der Waals surface area contributed by atoms with Gasteiger partial charge in [-0.3, -0.25) is 14.4 Å². The number of ether oxygens (including phenoxy) is 2. The summed E-state index contributed by atoms with van der Waals surface area (Å²) >= 11 is 0. The monoisotopic (exact) mass is 407 g/mol. The van der Waals surface area contributed by atoms with Gasteiger partial charge in [0.05, 0.1) is 12.5 Å². The molecule has 0 bridgehead atoms. The van der Waals surface area contributed by atoms with E-state index in [1.54, 1.807) is 36.4 Å². The zero-order valence-corrected chi connectivity index (χ0v) is 16.9. The van der Waals surface area contributed by atoms with Gasteiger partial charge in [0.15, 0.2) is 0 Å². The Kier molecular flexibility index (Phi) is 5.57. The average molecular weight is 407 g/mol. The first-order valence-corrected chi connectivity index (χ1v) is 10.3. The van der Waals surface area contributed by atoms with Crippen LogP contribution in [-0.4, -0.2) is 25.0 Å². The molecule has 0 aromatic heterocycles. The zero-order chi connectivity index (χ0) is 21.1. The summed E-state index contributed by atoms with van der Waals surface area (Å²) in [5.74, 6) is -2.86. The number of fused-ring (bicyclic) bond motifs is 1. The molecule has 1 aliphatic heterocycles. The van der Waals surface area contributed by atoms with E-state index in [0.29, 0.717) is 29.8 Å².